The Morgan fingerprint density at radius 2 is 1.40 bits per heavy atom. The lowest BCUT2D eigenvalue weighted by atomic mass is 10.00. The van der Waals surface area contributed by atoms with Crippen molar-refractivity contribution in [1.29, 1.82) is 0 Å². The molecule has 30 heavy (non-hydrogen) atoms. The molecule has 3 heteroatoms. The van der Waals surface area contributed by atoms with Crippen LogP contribution < -0.4 is 5.19 Å². The van der Waals surface area contributed by atoms with Crippen molar-refractivity contribution in [3.63, 3.8) is 0 Å². The van der Waals surface area contributed by atoms with Crippen molar-refractivity contribution in [2.45, 2.75) is 52.4 Å². The molecule has 2 nitrogen and oxygen atoms in total. The van der Waals surface area contributed by atoms with Gasteiger partial charge in [0.15, 0.2) is 0 Å². The van der Waals surface area contributed by atoms with E-state index in [9.17, 15) is 0 Å². The molecule has 0 N–H and O–H groups in total. The minimum absolute atomic E-state index is 0.706. The van der Waals surface area contributed by atoms with Gasteiger partial charge >= 0.3 is 0 Å². The molecule has 162 valence electrons. The number of ether oxygens (including phenoxy) is 1. The summed E-state index contributed by atoms with van der Waals surface area (Å²) in [5, 5.41) is 1.35. The molecule has 2 aromatic carbocycles. The third-order valence-electron chi connectivity index (χ3n) is 5.40. The highest BCUT2D eigenvalue weighted by molar-refractivity contribution is 6.53. The second-order valence-corrected chi connectivity index (χ2v) is 9.13. The highest BCUT2D eigenvalue weighted by Crippen LogP contribution is 2.20. The Morgan fingerprint density at radius 1 is 0.800 bits per heavy atom. The first-order valence-corrected chi connectivity index (χ1v) is 12.8. The summed E-state index contributed by atoms with van der Waals surface area (Å²) in [5.41, 5.74) is 3.44. The van der Waals surface area contributed by atoms with Crippen molar-refractivity contribution in [3.8, 4) is 0 Å². The molecular formula is C27H39NOSi. The van der Waals surface area contributed by atoms with E-state index < -0.39 is 0 Å². The van der Waals surface area contributed by atoms with Gasteiger partial charge in [-0.05, 0) is 62.0 Å². The van der Waals surface area contributed by atoms with Crippen LogP contribution in [0.15, 0.2) is 61.2 Å². The van der Waals surface area contributed by atoms with E-state index in [0.29, 0.717) is 9.52 Å². The van der Waals surface area contributed by atoms with Crippen LogP contribution in [0.3, 0.4) is 0 Å². The number of nitrogens with zero attached hydrogens (tertiary/aromatic N) is 1. The molecule has 0 amide bonds. The third-order valence-corrected chi connectivity index (χ3v) is 6.49. The van der Waals surface area contributed by atoms with Crippen molar-refractivity contribution in [3.05, 3.63) is 72.3 Å². The Kier molecular flexibility index (Phi) is 12.4. The summed E-state index contributed by atoms with van der Waals surface area (Å²) < 4.78 is 5.90. The van der Waals surface area contributed by atoms with Gasteiger partial charge in [0.2, 0.25) is 0 Å². The zero-order chi connectivity index (χ0) is 21.4. The van der Waals surface area contributed by atoms with E-state index in [2.05, 4.69) is 73.9 Å². The van der Waals surface area contributed by atoms with Crippen LogP contribution in [0.25, 0.3) is 5.57 Å². The Balaban J connectivity index is 1.61. The van der Waals surface area contributed by atoms with Crippen molar-refractivity contribution in [2.75, 3.05) is 32.5 Å². The predicted octanol–water partition coefficient (Wildman–Crippen LogP) is 5.73. The van der Waals surface area contributed by atoms with Gasteiger partial charge in [0.25, 0.3) is 0 Å². The van der Waals surface area contributed by atoms with Gasteiger partial charge in [-0.25, -0.2) is 0 Å². The monoisotopic (exact) mass is 421 g/mol. The van der Waals surface area contributed by atoms with Crippen LogP contribution >= 0.6 is 0 Å². The zero-order valence-corrected chi connectivity index (χ0v) is 20.0. The van der Waals surface area contributed by atoms with E-state index in [0.717, 1.165) is 24.8 Å². The number of hydrogen-bond acceptors (Lipinski definition) is 2. The first kappa shape index (κ1) is 24.6. The van der Waals surface area contributed by atoms with Gasteiger partial charge in [-0.1, -0.05) is 93.1 Å². The summed E-state index contributed by atoms with van der Waals surface area (Å²) >= 11 is 0. The highest BCUT2D eigenvalue weighted by atomic mass is 28.2. The van der Waals surface area contributed by atoms with E-state index in [1.807, 2.05) is 6.07 Å². The van der Waals surface area contributed by atoms with Crippen molar-refractivity contribution in [1.82, 2.24) is 4.90 Å². The predicted molar refractivity (Wildman–Crippen MR) is 133 cm³/mol. The van der Waals surface area contributed by atoms with Crippen LogP contribution in [0, 0.1) is 0 Å². The lowest BCUT2D eigenvalue weighted by Crippen LogP contribution is -2.27. The Labute approximate surface area is 187 Å². The summed E-state index contributed by atoms with van der Waals surface area (Å²) in [5.74, 6) is 0. The Bertz CT molecular complexity index is 691. The molecule has 2 radical (unpaired) electrons. The van der Waals surface area contributed by atoms with E-state index >= 15 is 0 Å². The van der Waals surface area contributed by atoms with Gasteiger partial charge in [-0.3, -0.25) is 0 Å². The normalized spacial score (nSPS) is 11.2. The Morgan fingerprint density at radius 3 is 2.03 bits per heavy atom. The molecule has 0 aliphatic heterocycles. The number of unbranched alkanes of at least 4 members (excludes halogenated alkanes) is 3. The van der Waals surface area contributed by atoms with Crippen LogP contribution in [0.2, 0.25) is 0 Å². The molecule has 2 rings (SSSR count). The van der Waals surface area contributed by atoms with E-state index in [1.54, 1.807) is 0 Å². The van der Waals surface area contributed by atoms with Gasteiger partial charge in [0.1, 0.15) is 9.52 Å². The van der Waals surface area contributed by atoms with Crippen molar-refractivity contribution < 1.29 is 4.74 Å². The minimum atomic E-state index is 0.706. The fourth-order valence-electron chi connectivity index (χ4n) is 3.44. The lowest BCUT2D eigenvalue weighted by molar-refractivity contribution is 0.165. The lowest BCUT2D eigenvalue weighted by Gasteiger charge is -2.21. The van der Waals surface area contributed by atoms with Gasteiger partial charge in [-0.2, -0.15) is 0 Å². The molecule has 0 aliphatic carbocycles. The fourth-order valence-corrected chi connectivity index (χ4v) is 4.26. The quantitative estimate of drug-likeness (QED) is 0.253. The van der Waals surface area contributed by atoms with Crippen LogP contribution in [-0.2, 0) is 4.74 Å². The van der Waals surface area contributed by atoms with Crippen LogP contribution in [0.1, 0.15) is 63.5 Å². The molecule has 0 saturated carbocycles. The third kappa shape index (κ3) is 9.42. The molecule has 0 spiro atoms. The summed E-state index contributed by atoms with van der Waals surface area (Å²) in [6.07, 6.45) is 8.44. The smallest absolute Gasteiger partial charge is 0.114 e. The van der Waals surface area contributed by atoms with Crippen LogP contribution in [0.5, 0.6) is 0 Å². The van der Waals surface area contributed by atoms with Gasteiger partial charge in [0.05, 0.1) is 0 Å². The Hall–Kier alpha value is -1.68. The molecule has 0 unspecified atom stereocenters. The van der Waals surface area contributed by atoms with Crippen molar-refractivity contribution >= 4 is 20.3 Å². The SMILES string of the molecule is C=C(c1ccccc1)c1ccc([Si]COCCCCN(CCCC)CCCC)cc1. The minimum Gasteiger partial charge on any atom is -0.385 e. The maximum absolute atomic E-state index is 5.90. The molecule has 0 saturated heterocycles. The van der Waals surface area contributed by atoms with Crippen LogP contribution in [-0.4, -0.2) is 46.9 Å². The van der Waals surface area contributed by atoms with E-state index in [-0.39, 0.29) is 0 Å². The average molecular weight is 422 g/mol. The van der Waals surface area contributed by atoms with Gasteiger partial charge in [0, 0.05) is 12.8 Å². The molecule has 0 heterocycles. The first-order chi connectivity index (χ1) is 14.7. The second kappa shape index (κ2) is 15.2. The largest absolute Gasteiger partial charge is 0.385 e. The highest BCUT2D eigenvalue weighted by Gasteiger charge is 2.04. The first-order valence-electron chi connectivity index (χ1n) is 11.6. The topological polar surface area (TPSA) is 12.5 Å². The molecule has 0 atom stereocenters. The summed E-state index contributed by atoms with van der Waals surface area (Å²) in [6, 6.07) is 19.2. The molecule has 0 bridgehead atoms. The summed E-state index contributed by atoms with van der Waals surface area (Å²) in [7, 11) is 0.706. The fraction of sp³-hybridized carbons (Fsp3) is 0.481. The summed E-state index contributed by atoms with van der Waals surface area (Å²) in [4.78, 5) is 2.64. The van der Waals surface area contributed by atoms with E-state index in [1.165, 1.54) is 68.1 Å². The maximum atomic E-state index is 5.90. The number of hydrogen-bond donors (Lipinski definition) is 0. The molecule has 0 fully saturated rings. The average Bonchev–Trinajstić information content (AvgIpc) is 2.80. The number of rotatable bonds is 16. The molecule has 0 aliphatic rings. The number of benzene rings is 2. The van der Waals surface area contributed by atoms with Crippen LogP contribution in [0.4, 0.5) is 0 Å². The molecular weight excluding hydrogens is 382 g/mol. The van der Waals surface area contributed by atoms with Crippen molar-refractivity contribution in [2.24, 2.45) is 0 Å². The summed E-state index contributed by atoms with van der Waals surface area (Å²) in [6.45, 7) is 13.4. The second-order valence-electron chi connectivity index (χ2n) is 7.91. The van der Waals surface area contributed by atoms with Gasteiger partial charge < -0.3 is 9.64 Å². The van der Waals surface area contributed by atoms with E-state index in [4.69, 9.17) is 4.74 Å². The molecule has 2 aromatic rings. The zero-order valence-electron chi connectivity index (χ0n) is 19.0. The maximum Gasteiger partial charge on any atom is 0.114 e. The molecule has 0 aromatic heterocycles. The van der Waals surface area contributed by atoms with Gasteiger partial charge in [-0.15, -0.1) is 0 Å². The standard InChI is InChI=1S/C27H39NOSi/c1-4-6-19-28(20-7-5-2)21-11-12-22-29-23-30-27-17-15-26(16-18-27)24(3)25-13-9-8-10-14-25/h8-10,13-18H,3-7,11-12,19-23H2,1-2H3.